The predicted octanol–water partition coefficient (Wildman–Crippen LogP) is 4.15. The van der Waals surface area contributed by atoms with Crippen LogP contribution in [0.15, 0.2) is 18.2 Å². The Kier molecular flexibility index (Phi) is 3.98. The maximum Gasteiger partial charge on any atom is 0.420 e. The Bertz CT molecular complexity index is 484. The summed E-state index contributed by atoms with van der Waals surface area (Å²) in [6.07, 6.45) is -0.242. The summed E-state index contributed by atoms with van der Waals surface area (Å²) in [6, 6.07) is 5.12. The van der Waals surface area contributed by atoms with Crippen LogP contribution < -0.4 is 4.74 Å². The molecule has 5 heteroatoms. The van der Waals surface area contributed by atoms with Crippen LogP contribution in [0.3, 0.4) is 0 Å². The first-order valence-corrected chi connectivity index (χ1v) is 6.25. The van der Waals surface area contributed by atoms with Crippen LogP contribution in [0.2, 0.25) is 0 Å². The molecule has 1 aliphatic carbocycles. The van der Waals surface area contributed by atoms with Crippen LogP contribution in [-0.2, 0) is 6.18 Å². The Morgan fingerprint density at radius 3 is 2.53 bits per heavy atom. The van der Waals surface area contributed by atoms with Gasteiger partial charge in [0.2, 0.25) is 0 Å². The molecular weight excluding hydrogens is 255 g/mol. The van der Waals surface area contributed by atoms with Crippen molar-refractivity contribution in [2.24, 2.45) is 5.92 Å². The quantitative estimate of drug-likeness (QED) is 0.826. The van der Waals surface area contributed by atoms with Gasteiger partial charge in [-0.25, -0.2) is 0 Å². The van der Waals surface area contributed by atoms with E-state index >= 15 is 0 Å². The lowest BCUT2D eigenvalue weighted by Crippen LogP contribution is -2.13. The van der Waals surface area contributed by atoms with Crippen molar-refractivity contribution in [3.63, 3.8) is 0 Å². The van der Waals surface area contributed by atoms with Crippen molar-refractivity contribution in [3.8, 4) is 11.8 Å². The smallest absolute Gasteiger partial charge is 0.420 e. The topological polar surface area (TPSA) is 33.0 Å². The molecule has 19 heavy (non-hydrogen) atoms. The Balaban J connectivity index is 2.16. The summed E-state index contributed by atoms with van der Waals surface area (Å²) in [6.45, 7) is 0.314. The van der Waals surface area contributed by atoms with Crippen LogP contribution in [0.4, 0.5) is 13.2 Å². The van der Waals surface area contributed by atoms with Crippen LogP contribution in [0.5, 0.6) is 5.75 Å². The first-order valence-electron chi connectivity index (χ1n) is 6.25. The zero-order valence-corrected chi connectivity index (χ0v) is 10.3. The molecule has 2 nitrogen and oxygen atoms in total. The van der Waals surface area contributed by atoms with Gasteiger partial charge >= 0.3 is 6.18 Å². The van der Waals surface area contributed by atoms with Crippen molar-refractivity contribution in [2.45, 2.75) is 31.9 Å². The van der Waals surface area contributed by atoms with Gasteiger partial charge in [-0.15, -0.1) is 0 Å². The molecule has 2 rings (SSSR count). The van der Waals surface area contributed by atoms with Crippen LogP contribution in [0, 0.1) is 17.2 Å². The van der Waals surface area contributed by atoms with E-state index in [2.05, 4.69) is 0 Å². The van der Waals surface area contributed by atoms with Gasteiger partial charge in [-0.2, -0.15) is 18.4 Å². The van der Waals surface area contributed by atoms with Gasteiger partial charge in [0.1, 0.15) is 5.75 Å². The molecule has 1 saturated carbocycles. The predicted molar refractivity (Wildman–Crippen MR) is 63.6 cm³/mol. The number of benzene rings is 1. The Hall–Kier alpha value is -1.70. The van der Waals surface area contributed by atoms with Crippen LogP contribution in [0.1, 0.15) is 36.8 Å². The molecule has 0 aliphatic heterocycles. The fourth-order valence-corrected chi connectivity index (χ4v) is 2.33. The van der Waals surface area contributed by atoms with E-state index in [9.17, 15) is 13.2 Å². The molecule has 0 atom stereocenters. The second kappa shape index (κ2) is 5.52. The highest BCUT2D eigenvalue weighted by Crippen LogP contribution is 2.37. The first-order chi connectivity index (χ1) is 9.00. The average Bonchev–Trinajstić information content (AvgIpc) is 2.88. The molecule has 0 radical (unpaired) electrons. The van der Waals surface area contributed by atoms with Gasteiger partial charge in [-0.05, 0) is 37.0 Å². The summed E-state index contributed by atoms with van der Waals surface area (Å²) in [7, 11) is 0. The molecule has 102 valence electrons. The normalized spacial score (nSPS) is 16.3. The minimum atomic E-state index is -4.50. The standard InChI is InChI=1S/C14H14F3NO/c15-14(16,17)12-7-11(8-18)5-6-13(12)19-9-10-3-1-2-4-10/h5-7,10H,1-4,9H2. The highest BCUT2D eigenvalue weighted by Gasteiger charge is 2.35. The SMILES string of the molecule is N#Cc1ccc(OCC2CCCC2)c(C(F)(F)F)c1. The summed E-state index contributed by atoms with van der Waals surface area (Å²) in [4.78, 5) is 0. The lowest BCUT2D eigenvalue weighted by Gasteiger charge is -2.16. The summed E-state index contributed by atoms with van der Waals surface area (Å²) in [5, 5.41) is 8.66. The van der Waals surface area contributed by atoms with Gasteiger partial charge < -0.3 is 4.74 Å². The molecule has 0 unspecified atom stereocenters. The lowest BCUT2D eigenvalue weighted by atomic mass is 10.1. The van der Waals surface area contributed by atoms with Gasteiger partial charge in [0.05, 0.1) is 23.8 Å². The minimum absolute atomic E-state index is 0.0134. The number of hydrogen-bond donors (Lipinski definition) is 0. The number of nitrogens with zero attached hydrogens (tertiary/aromatic N) is 1. The number of ether oxygens (including phenoxy) is 1. The molecule has 0 saturated heterocycles. The van der Waals surface area contributed by atoms with E-state index < -0.39 is 11.7 Å². The van der Waals surface area contributed by atoms with E-state index in [1.165, 1.54) is 12.1 Å². The highest BCUT2D eigenvalue weighted by atomic mass is 19.4. The molecular formula is C14H14F3NO. The van der Waals surface area contributed by atoms with E-state index in [1.54, 1.807) is 6.07 Å². The second-order valence-corrected chi connectivity index (χ2v) is 4.78. The maximum atomic E-state index is 12.9. The lowest BCUT2D eigenvalue weighted by molar-refractivity contribution is -0.139. The fourth-order valence-electron chi connectivity index (χ4n) is 2.33. The number of nitriles is 1. The van der Waals surface area contributed by atoms with Crippen molar-refractivity contribution in [3.05, 3.63) is 29.3 Å². The zero-order chi connectivity index (χ0) is 13.9. The summed E-state index contributed by atoms with van der Waals surface area (Å²) >= 11 is 0. The average molecular weight is 269 g/mol. The molecule has 0 N–H and O–H groups in total. The fraction of sp³-hybridized carbons (Fsp3) is 0.500. The van der Waals surface area contributed by atoms with Gasteiger partial charge in [-0.1, -0.05) is 12.8 Å². The zero-order valence-electron chi connectivity index (χ0n) is 10.3. The van der Waals surface area contributed by atoms with Crippen LogP contribution >= 0.6 is 0 Å². The van der Waals surface area contributed by atoms with E-state index in [-0.39, 0.29) is 11.3 Å². The van der Waals surface area contributed by atoms with Crippen molar-refractivity contribution in [1.82, 2.24) is 0 Å². The van der Waals surface area contributed by atoms with Gasteiger partial charge in [-0.3, -0.25) is 0 Å². The van der Waals surface area contributed by atoms with E-state index in [1.807, 2.05) is 0 Å². The van der Waals surface area contributed by atoms with Crippen molar-refractivity contribution < 1.29 is 17.9 Å². The first kappa shape index (κ1) is 13.7. The van der Waals surface area contributed by atoms with E-state index in [0.29, 0.717) is 12.5 Å². The van der Waals surface area contributed by atoms with E-state index in [4.69, 9.17) is 10.00 Å². The minimum Gasteiger partial charge on any atom is -0.493 e. The van der Waals surface area contributed by atoms with Gasteiger partial charge in [0.15, 0.2) is 0 Å². The van der Waals surface area contributed by atoms with Crippen LogP contribution in [-0.4, -0.2) is 6.61 Å². The number of alkyl halides is 3. The Morgan fingerprint density at radius 1 is 1.26 bits per heavy atom. The molecule has 1 aliphatic rings. The van der Waals surface area contributed by atoms with E-state index in [0.717, 1.165) is 31.7 Å². The largest absolute Gasteiger partial charge is 0.493 e. The van der Waals surface area contributed by atoms with Gasteiger partial charge in [0.25, 0.3) is 0 Å². The third kappa shape index (κ3) is 3.40. The summed E-state index contributed by atoms with van der Waals surface area (Å²) in [5.74, 6) is 0.162. The van der Waals surface area contributed by atoms with Gasteiger partial charge in [0, 0.05) is 0 Å². The maximum absolute atomic E-state index is 12.9. The molecule has 0 amide bonds. The molecule has 0 bridgehead atoms. The molecule has 1 fully saturated rings. The molecule has 0 spiro atoms. The van der Waals surface area contributed by atoms with Crippen LogP contribution in [0.25, 0.3) is 0 Å². The molecule has 1 aromatic rings. The summed E-state index contributed by atoms with van der Waals surface area (Å²) < 4.78 is 43.9. The second-order valence-electron chi connectivity index (χ2n) is 4.78. The molecule has 0 heterocycles. The summed E-state index contributed by atoms with van der Waals surface area (Å²) in [5.41, 5.74) is -0.884. The van der Waals surface area contributed by atoms with Crippen molar-refractivity contribution >= 4 is 0 Å². The van der Waals surface area contributed by atoms with Crippen molar-refractivity contribution in [1.29, 1.82) is 5.26 Å². The number of rotatable bonds is 3. The number of halogens is 3. The molecule has 0 aromatic heterocycles. The monoisotopic (exact) mass is 269 g/mol. The molecule has 1 aromatic carbocycles. The highest BCUT2D eigenvalue weighted by molar-refractivity contribution is 5.43. The third-order valence-corrected chi connectivity index (χ3v) is 3.36. The number of hydrogen-bond acceptors (Lipinski definition) is 2. The Morgan fingerprint density at radius 2 is 1.95 bits per heavy atom. The van der Waals surface area contributed by atoms with Crippen molar-refractivity contribution in [2.75, 3.05) is 6.61 Å². The Labute approximate surface area is 109 Å². The third-order valence-electron chi connectivity index (χ3n) is 3.36.